The van der Waals surface area contributed by atoms with Crippen LogP contribution in [0.4, 0.5) is 4.39 Å². The second kappa shape index (κ2) is 11.0. The molecule has 0 bridgehead atoms. The number of allylic oxidation sites excluding steroid dienone is 1. The molecule has 1 aromatic rings. The van der Waals surface area contributed by atoms with Crippen molar-refractivity contribution in [1.82, 2.24) is 15.1 Å². The average Bonchev–Trinajstić information content (AvgIpc) is 2.65. The number of hydrogen-bond donors (Lipinski definition) is 1. The van der Waals surface area contributed by atoms with E-state index < -0.39 is 0 Å². The lowest BCUT2D eigenvalue weighted by atomic mass is 9.96. The summed E-state index contributed by atoms with van der Waals surface area (Å²) in [5.41, 5.74) is 0.797. The summed E-state index contributed by atoms with van der Waals surface area (Å²) in [5, 5.41) is 3.51. The third kappa shape index (κ3) is 6.45. The number of unbranched alkanes of at least 4 members (excludes halogenated alkanes) is 1. The molecule has 0 saturated carbocycles. The van der Waals surface area contributed by atoms with Crippen molar-refractivity contribution in [2.24, 2.45) is 10.9 Å². The van der Waals surface area contributed by atoms with E-state index in [0.29, 0.717) is 12.5 Å². The number of halogens is 1. The highest BCUT2D eigenvalue weighted by Crippen LogP contribution is 2.19. The Labute approximate surface area is 157 Å². The predicted octanol–water partition coefficient (Wildman–Crippen LogP) is 3.51. The average molecular weight is 361 g/mol. The molecule has 0 amide bonds. The first kappa shape index (κ1) is 20.4. The minimum absolute atomic E-state index is 0.0976. The standard InChI is InChI=1S/C21H33FN4/c1-4-5-8-13-25(3)21(23-2)24-16-18-11-14-26(15-12-18)17-19-9-6-7-10-20(19)22/h4,6-7,9-10,18H,1,5,8,11-17H2,2-3H3,(H,23,24). The number of nitrogens with zero attached hydrogens (tertiary/aromatic N) is 3. The number of hydrogen-bond acceptors (Lipinski definition) is 2. The van der Waals surface area contributed by atoms with Gasteiger partial charge in [-0.1, -0.05) is 24.3 Å². The van der Waals surface area contributed by atoms with Gasteiger partial charge >= 0.3 is 0 Å². The number of likely N-dealkylation sites (tertiary alicyclic amines) is 1. The van der Waals surface area contributed by atoms with Crippen molar-refractivity contribution in [2.45, 2.75) is 32.2 Å². The summed E-state index contributed by atoms with van der Waals surface area (Å²) in [7, 11) is 3.92. The summed E-state index contributed by atoms with van der Waals surface area (Å²) in [6.45, 7) is 8.45. The van der Waals surface area contributed by atoms with Crippen LogP contribution in [0.25, 0.3) is 0 Å². The molecule has 1 heterocycles. The Morgan fingerprint density at radius 2 is 2.12 bits per heavy atom. The summed E-state index contributed by atoms with van der Waals surface area (Å²) in [4.78, 5) is 8.91. The van der Waals surface area contributed by atoms with Gasteiger partial charge in [0.25, 0.3) is 0 Å². The molecule has 4 nitrogen and oxygen atoms in total. The Morgan fingerprint density at radius 3 is 2.77 bits per heavy atom. The Hall–Kier alpha value is -1.88. The fraction of sp³-hybridized carbons (Fsp3) is 0.571. The van der Waals surface area contributed by atoms with Gasteiger partial charge in [-0.05, 0) is 50.8 Å². The van der Waals surface area contributed by atoms with Gasteiger partial charge in [-0.3, -0.25) is 9.89 Å². The van der Waals surface area contributed by atoms with Crippen LogP contribution in [0.3, 0.4) is 0 Å². The lowest BCUT2D eigenvalue weighted by Crippen LogP contribution is -2.43. The first-order valence-electron chi connectivity index (χ1n) is 9.62. The second-order valence-electron chi connectivity index (χ2n) is 7.09. The fourth-order valence-electron chi connectivity index (χ4n) is 3.42. The number of nitrogens with one attached hydrogen (secondary N) is 1. The number of rotatable bonds is 8. The summed E-state index contributed by atoms with van der Waals surface area (Å²) in [6, 6.07) is 7.09. The van der Waals surface area contributed by atoms with E-state index in [2.05, 4.69) is 33.7 Å². The second-order valence-corrected chi connectivity index (χ2v) is 7.09. The molecule has 1 N–H and O–H groups in total. The number of benzene rings is 1. The maximum atomic E-state index is 13.8. The summed E-state index contributed by atoms with van der Waals surface area (Å²) >= 11 is 0. The Kier molecular flexibility index (Phi) is 8.62. The molecule has 1 aliphatic heterocycles. The number of aliphatic imine (C=N–C) groups is 1. The minimum Gasteiger partial charge on any atom is -0.356 e. The van der Waals surface area contributed by atoms with Crippen LogP contribution in [-0.2, 0) is 6.54 Å². The molecule has 1 aromatic carbocycles. The molecular formula is C21H33FN4. The molecular weight excluding hydrogens is 327 g/mol. The van der Waals surface area contributed by atoms with E-state index in [1.807, 2.05) is 25.3 Å². The van der Waals surface area contributed by atoms with Crippen molar-refractivity contribution in [1.29, 1.82) is 0 Å². The topological polar surface area (TPSA) is 30.9 Å². The summed E-state index contributed by atoms with van der Waals surface area (Å²) < 4.78 is 13.8. The maximum absolute atomic E-state index is 13.8. The van der Waals surface area contributed by atoms with Crippen LogP contribution in [0.1, 0.15) is 31.2 Å². The predicted molar refractivity (Wildman–Crippen MR) is 108 cm³/mol. The normalized spacial score (nSPS) is 16.5. The van der Waals surface area contributed by atoms with E-state index >= 15 is 0 Å². The third-order valence-corrected chi connectivity index (χ3v) is 5.08. The molecule has 0 radical (unpaired) electrons. The van der Waals surface area contributed by atoms with Gasteiger partial charge in [0.05, 0.1) is 0 Å². The molecule has 5 heteroatoms. The van der Waals surface area contributed by atoms with Gasteiger partial charge in [-0.25, -0.2) is 4.39 Å². The van der Waals surface area contributed by atoms with Crippen LogP contribution in [0.15, 0.2) is 41.9 Å². The smallest absolute Gasteiger partial charge is 0.193 e. The zero-order valence-electron chi connectivity index (χ0n) is 16.3. The Bertz CT molecular complexity index is 579. The molecule has 144 valence electrons. The molecule has 0 atom stereocenters. The van der Waals surface area contributed by atoms with Crippen LogP contribution in [0.5, 0.6) is 0 Å². The minimum atomic E-state index is -0.0976. The molecule has 1 aliphatic rings. The van der Waals surface area contributed by atoms with Crippen LogP contribution >= 0.6 is 0 Å². The highest BCUT2D eigenvalue weighted by atomic mass is 19.1. The van der Waals surface area contributed by atoms with Gasteiger partial charge in [0, 0.05) is 39.3 Å². The molecule has 0 aromatic heterocycles. The number of guanidine groups is 1. The Balaban J connectivity index is 1.71. The highest BCUT2D eigenvalue weighted by Gasteiger charge is 2.20. The fourth-order valence-corrected chi connectivity index (χ4v) is 3.42. The van der Waals surface area contributed by atoms with Crippen molar-refractivity contribution in [3.05, 3.63) is 48.3 Å². The summed E-state index contributed by atoms with van der Waals surface area (Å²) in [6.07, 6.45) is 6.35. The van der Waals surface area contributed by atoms with Crippen LogP contribution in [-0.4, -0.2) is 56.0 Å². The zero-order valence-corrected chi connectivity index (χ0v) is 16.3. The van der Waals surface area contributed by atoms with E-state index in [4.69, 9.17) is 0 Å². The molecule has 0 aliphatic carbocycles. The van der Waals surface area contributed by atoms with Crippen LogP contribution in [0.2, 0.25) is 0 Å². The van der Waals surface area contributed by atoms with Gasteiger partial charge in [-0.15, -0.1) is 6.58 Å². The lowest BCUT2D eigenvalue weighted by Gasteiger charge is -2.33. The van der Waals surface area contributed by atoms with Crippen LogP contribution < -0.4 is 5.32 Å². The first-order valence-corrected chi connectivity index (χ1v) is 9.62. The van der Waals surface area contributed by atoms with Gasteiger partial charge in [0.1, 0.15) is 5.82 Å². The lowest BCUT2D eigenvalue weighted by molar-refractivity contribution is 0.176. The third-order valence-electron chi connectivity index (χ3n) is 5.08. The van der Waals surface area contributed by atoms with Crippen molar-refractivity contribution < 1.29 is 4.39 Å². The van der Waals surface area contributed by atoms with E-state index in [9.17, 15) is 4.39 Å². The van der Waals surface area contributed by atoms with Crippen molar-refractivity contribution in [2.75, 3.05) is 40.3 Å². The van der Waals surface area contributed by atoms with Gasteiger partial charge in [-0.2, -0.15) is 0 Å². The van der Waals surface area contributed by atoms with Crippen molar-refractivity contribution >= 4 is 5.96 Å². The maximum Gasteiger partial charge on any atom is 0.193 e. The largest absolute Gasteiger partial charge is 0.356 e. The van der Waals surface area contributed by atoms with E-state index in [-0.39, 0.29) is 5.82 Å². The highest BCUT2D eigenvalue weighted by molar-refractivity contribution is 5.79. The van der Waals surface area contributed by atoms with E-state index in [0.717, 1.165) is 63.4 Å². The van der Waals surface area contributed by atoms with Gasteiger partial charge in [0.15, 0.2) is 5.96 Å². The zero-order chi connectivity index (χ0) is 18.8. The molecule has 26 heavy (non-hydrogen) atoms. The quantitative estimate of drug-likeness (QED) is 0.333. The molecule has 1 saturated heterocycles. The van der Waals surface area contributed by atoms with Crippen molar-refractivity contribution in [3.8, 4) is 0 Å². The van der Waals surface area contributed by atoms with Gasteiger partial charge in [0.2, 0.25) is 0 Å². The SMILES string of the molecule is C=CCCCN(C)C(=NC)NCC1CCN(Cc2ccccc2F)CC1. The monoisotopic (exact) mass is 360 g/mol. The van der Waals surface area contributed by atoms with E-state index in [1.165, 1.54) is 0 Å². The molecule has 0 unspecified atom stereocenters. The number of piperidine rings is 1. The van der Waals surface area contributed by atoms with Crippen molar-refractivity contribution in [3.63, 3.8) is 0 Å². The van der Waals surface area contributed by atoms with Gasteiger partial charge < -0.3 is 10.2 Å². The van der Waals surface area contributed by atoms with Crippen LogP contribution in [0, 0.1) is 11.7 Å². The first-order chi connectivity index (χ1) is 12.6. The Morgan fingerprint density at radius 1 is 1.38 bits per heavy atom. The summed E-state index contributed by atoms with van der Waals surface area (Å²) in [5.74, 6) is 1.51. The molecule has 0 spiro atoms. The van der Waals surface area contributed by atoms with E-state index in [1.54, 1.807) is 12.1 Å². The molecule has 2 rings (SSSR count). The molecule has 1 fully saturated rings.